The lowest BCUT2D eigenvalue weighted by Gasteiger charge is -2.44. The second-order valence-electron chi connectivity index (χ2n) is 8.18. The topological polar surface area (TPSA) is 46.2 Å². The Morgan fingerprint density at radius 3 is 2.12 bits per heavy atom. The van der Waals surface area contributed by atoms with Crippen molar-refractivity contribution < 1.29 is 23.7 Å². The van der Waals surface area contributed by atoms with Crippen LogP contribution in [-0.4, -0.2) is 42.8 Å². The molecule has 0 aliphatic carbocycles. The number of hydrogen-bond acceptors (Lipinski definition) is 5. The van der Waals surface area contributed by atoms with Crippen molar-refractivity contribution in [3.8, 4) is 0 Å². The number of rotatable bonds is 4. The van der Waals surface area contributed by atoms with Crippen molar-refractivity contribution in [3.05, 3.63) is 0 Å². The van der Waals surface area contributed by atoms with E-state index in [0.717, 1.165) is 12.8 Å². The fraction of sp³-hybridized carbons (Fsp3) is 1.00. The summed E-state index contributed by atoms with van der Waals surface area (Å²) in [6, 6.07) is 0. The smallest absolute Gasteiger partial charge is 0.190 e. The van der Waals surface area contributed by atoms with Gasteiger partial charge in [0.2, 0.25) is 0 Å². The van der Waals surface area contributed by atoms with Crippen LogP contribution in [0, 0.1) is 17.8 Å². The van der Waals surface area contributed by atoms with Crippen LogP contribution in [0.25, 0.3) is 0 Å². The quantitative estimate of drug-likeness (QED) is 0.779. The summed E-state index contributed by atoms with van der Waals surface area (Å²) >= 11 is 0. The standard InChI is InChI=1S/C19H34O5/c1-8-13-11(4)10(3)12(5)17(20-13)22-15-14(9-2)21-18-16(15)23-19(6,7)24-18/h10-18H,8-9H2,1-7H3/t10-,11+,12?,13?,14+,15-,16+,17-,18+/m0/s1. The minimum absolute atomic E-state index is 0.0124. The average molecular weight is 342 g/mol. The van der Waals surface area contributed by atoms with Crippen molar-refractivity contribution in [1.82, 2.24) is 0 Å². The highest BCUT2D eigenvalue weighted by molar-refractivity contribution is 4.94. The molecule has 3 aliphatic rings. The van der Waals surface area contributed by atoms with Crippen LogP contribution in [0.1, 0.15) is 61.3 Å². The van der Waals surface area contributed by atoms with E-state index >= 15 is 0 Å². The molecule has 3 fully saturated rings. The predicted molar refractivity (Wildman–Crippen MR) is 90.3 cm³/mol. The first-order valence-corrected chi connectivity index (χ1v) is 9.59. The van der Waals surface area contributed by atoms with Crippen LogP contribution >= 0.6 is 0 Å². The molecule has 2 unspecified atom stereocenters. The molecule has 140 valence electrons. The lowest BCUT2D eigenvalue weighted by molar-refractivity contribution is -0.286. The molecule has 3 heterocycles. The Hall–Kier alpha value is -0.200. The van der Waals surface area contributed by atoms with Crippen molar-refractivity contribution in [3.63, 3.8) is 0 Å². The molecule has 0 aromatic rings. The van der Waals surface area contributed by atoms with E-state index in [0.29, 0.717) is 17.8 Å². The largest absolute Gasteiger partial charge is 0.349 e. The molecule has 24 heavy (non-hydrogen) atoms. The average Bonchev–Trinajstić information content (AvgIpc) is 3.00. The molecule has 0 radical (unpaired) electrons. The van der Waals surface area contributed by atoms with E-state index in [2.05, 4.69) is 34.6 Å². The molecular formula is C19H34O5. The molecule has 0 spiro atoms. The highest BCUT2D eigenvalue weighted by atomic mass is 16.8. The molecular weight excluding hydrogens is 308 g/mol. The van der Waals surface area contributed by atoms with Crippen LogP contribution in [0.4, 0.5) is 0 Å². The van der Waals surface area contributed by atoms with Gasteiger partial charge in [0.1, 0.15) is 12.2 Å². The maximum Gasteiger partial charge on any atom is 0.190 e. The lowest BCUT2D eigenvalue weighted by atomic mass is 9.78. The number of fused-ring (bicyclic) bond motifs is 1. The van der Waals surface area contributed by atoms with Crippen molar-refractivity contribution in [2.24, 2.45) is 17.8 Å². The van der Waals surface area contributed by atoms with E-state index in [1.807, 2.05) is 13.8 Å². The van der Waals surface area contributed by atoms with Gasteiger partial charge in [-0.25, -0.2) is 0 Å². The van der Waals surface area contributed by atoms with Crippen molar-refractivity contribution >= 4 is 0 Å². The van der Waals surface area contributed by atoms with Gasteiger partial charge in [0.15, 0.2) is 18.4 Å². The third-order valence-electron chi connectivity index (χ3n) is 6.17. The zero-order valence-corrected chi connectivity index (χ0v) is 16.2. The molecule has 0 bridgehead atoms. The first-order valence-electron chi connectivity index (χ1n) is 9.59. The van der Waals surface area contributed by atoms with Gasteiger partial charge in [0, 0.05) is 5.92 Å². The number of hydrogen-bond donors (Lipinski definition) is 0. The Labute approximate surface area is 146 Å². The van der Waals surface area contributed by atoms with Gasteiger partial charge < -0.3 is 23.7 Å². The Morgan fingerprint density at radius 2 is 1.50 bits per heavy atom. The molecule has 3 saturated heterocycles. The second-order valence-corrected chi connectivity index (χ2v) is 8.18. The summed E-state index contributed by atoms with van der Waals surface area (Å²) in [5.74, 6) is 0.825. The van der Waals surface area contributed by atoms with E-state index in [1.54, 1.807) is 0 Å². The summed E-state index contributed by atoms with van der Waals surface area (Å²) in [5.41, 5.74) is 0. The summed E-state index contributed by atoms with van der Waals surface area (Å²) < 4.78 is 30.8. The van der Waals surface area contributed by atoms with Gasteiger partial charge in [-0.15, -0.1) is 0 Å². The molecule has 0 N–H and O–H groups in total. The van der Waals surface area contributed by atoms with E-state index in [9.17, 15) is 0 Å². The van der Waals surface area contributed by atoms with Crippen LogP contribution in [0.2, 0.25) is 0 Å². The number of ether oxygens (including phenoxy) is 5. The minimum atomic E-state index is -0.623. The van der Waals surface area contributed by atoms with Crippen molar-refractivity contribution in [2.75, 3.05) is 0 Å². The Kier molecular flexibility index (Phi) is 5.30. The minimum Gasteiger partial charge on any atom is -0.349 e. The molecule has 5 nitrogen and oxygen atoms in total. The van der Waals surface area contributed by atoms with E-state index in [-0.39, 0.29) is 37.0 Å². The van der Waals surface area contributed by atoms with Crippen LogP contribution < -0.4 is 0 Å². The highest BCUT2D eigenvalue weighted by Gasteiger charge is 2.56. The van der Waals surface area contributed by atoms with Crippen molar-refractivity contribution in [1.29, 1.82) is 0 Å². The molecule has 9 atom stereocenters. The third-order valence-corrected chi connectivity index (χ3v) is 6.17. The van der Waals surface area contributed by atoms with Gasteiger partial charge in [-0.05, 0) is 38.5 Å². The molecule has 0 amide bonds. The second kappa shape index (κ2) is 6.84. The highest BCUT2D eigenvalue weighted by Crippen LogP contribution is 2.43. The zero-order chi connectivity index (χ0) is 17.6. The van der Waals surface area contributed by atoms with Crippen LogP contribution in [0.5, 0.6) is 0 Å². The Bertz CT molecular complexity index is 437. The third kappa shape index (κ3) is 3.26. The summed E-state index contributed by atoms with van der Waals surface area (Å²) in [7, 11) is 0. The lowest BCUT2D eigenvalue weighted by Crippen LogP contribution is -2.49. The molecule has 3 aliphatic heterocycles. The normalized spacial score (nSPS) is 50.9. The van der Waals surface area contributed by atoms with Crippen LogP contribution in [-0.2, 0) is 23.7 Å². The molecule has 0 saturated carbocycles. The molecule has 0 aromatic heterocycles. The fourth-order valence-corrected chi connectivity index (χ4v) is 4.30. The van der Waals surface area contributed by atoms with Gasteiger partial charge in [-0.3, -0.25) is 0 Å². The first-order chi connectivity index (χ1) is 11.3. The van der Waals surface area contributed by atoms with Gasteiger partial charge >= 0.3 is 0 Å². The van der Waals surface area contributed by atoms with Gasteiger partial charge in [-0.2, -0.15) is 0 Å². The monoisotopic (exact) mass is 342 g/mol. The Balaban J connectivity index is 1.73. The van der Waals surface area contributed by atoms with Crippen molar-refractivity contribution in [2.45, 2.75) is 104 Å². The molecule has 5 heteroatoms. The van der Waals surface area contributed by atoms with Gasteiger partial charge in [-0.1, -0.05) is 34.6 Å². The molecule has 0 aromatic carbocycles. The maximum atomic E-state index is 6.47. The summed E-state index contributed by atoms with van der Waals surface area (Å²) in [4.78, 5) is 0. The summed E-state index contributed by atoms with van der Waals surface area (Å²) in [5, 5.41) is 0. The van der Waals surface area contributed by atoms with Gasteiger partial charge in [0.25, 0.3) is 0 Å². The van der Waals surface area contributed by atoms with Crippen LogP contribution in [0.15, 0.2) is 0 Å². The first kappa shape index (κ1) is 18.6. The summed E-state index contributed by atoms with van der Waals surface area (Å²) in [6.45, 7) is 14.9. The van der Waals surface area contributed by atoms with E-state index < -0.39 is 5.79 Å². The zero-order valence-electron chi connectivity index (χ0n) is 16.2. The predicted octanol–water partition coefficient (Wildman–Crippen LogP) is 3.70. The summed E-state index contributed by atoms with van der Waals surface area (Å²) in [6.07, 6.45) is 1.23. The molecule has 3 rings (SSSR count). The van der Waals surface area contributed by atoms with Crippen LogP contribution in [0.3, 0.4) is 0 Å². The fourth-order valence-electron chi connectivity index (χ4n) is 4.30. The Morgan fingerprint density at radius 1 is 0.833 bits per heavy atom. The SMILES string of the molecule is CCC1O[C@@H](O[C@@H]2[C@H]3OC(C)(C)O[C@H]3O[C@@H]2CC)C(C)[C@@H](C)[C@H]1C. The maximum absolute atomic E-state index is 6.47. The van der Waals surface area contributed by atoms with Gasteiger partial charge in [0.05, 0.1) is 12.2 Å². The van der Waals surface area contributed by atoms with E-state index in [1.165, 1.54) is 0 Å². The van der Waals surface area contributed by atoms with E-state index in [4.69, 9.17) is 23.7 Å².